The molecule has 1 spiro atoms. The third-order valence-electron chi connectivity index (χ3n) is 11.6. The summed E-state index contributed by atoms with van der Waals surface area (Å²) in [6.07, 6.45) is 11.5. The first-order valence-electron chi connectivity index (χ1n) is 13.1. The summed E-state index contributed by atoms with van der Waals surface area (Å²) in [5, 5.41) is 22.7. The molecular formula is C27H42O4. The topological polar surface area (TPSA) is 58.9 Å². The molecule has 2 saturated heterocycles. The summed E-state index contributed by atoms with van der Waals surface area (Å²) < 4.78 is 13.1. The minimum Gasteiger partial charge on any atom is -0.393 e. The smallest absolute Gasteiger partial charge is 0.174 e. The van der Waals surface area contributed by atoms with Crippen LogP contribution in [0.4, 0.5) is 0 Å². The van der Waals surface area contributed by atoms with Gasteiger partial charge in [0.15, 0.2) is 5.79 Å². The monoisotopic (exact) mass is 430 g/mol. The molecule has 0 aromatic rings. The Kier molecular flexibility index (Phi) is 4.49. The maximum Gasteiger partial charge on any atom is 0.174 e. The fourth-order valence-electron chi connectivity index (χ4n) is 9.58. The second-order valence-electron chi connectivity index (χ2n) is 12.8. The van der Waals surface area contributed by atoms with E-state index in [1.54, 1.807) is 0 Å². The maximum atomic E-state index is 12.4. The van der Waals surface area contributed by atoms with Gasteiger partial charge in [-0.15, -0.1) is 0 Å². The zero-order valence-electron chi connectivity index (χ0n) is 19.9. The zero-order chi connectivity index (χ0) is 21.8. The van der Waals surface area contributed by atoms with Crippen LogP contribution in [0.1, 0.15) is 85.5 Å². The van der Waals surface area contributed by atoms with Crippen molar-refractivity contribution in [3.63, 3.8) is 0 Å². The summed E-state index contributed by atoms with van der Waals surface area (Å²) in [5.74, 6) is 1.81. The van der Waals surface area contributed by atoms with E-state index >= 15 is 0 Å². The van der Waals surface area contributed by atoms with Gasteiger partial charge in [0.2, 0.25) is 0 Å². The van der Waals surface area contributed by atoms with E-state index in [9.17, 15) is 10.2 Å². The van der Waals surface area contributed by atoms with Crippen LogP contribution in [0.25, 0.3) is 0 Å². The Hall–Kier alpha value is -0.420. The van der Waals surface area contributed by atoms with E-state index in [1.807, 2.05) is 0 Å². The van der Waals surface area contributed by atoms with Gasteiger partial charge in [0.05, 0.1) is 18.8 Å². The Balaban J connectivity index is 1.32. The highest BCUT2D eigenvalue weighted by Crippen LogP contribution is 2.72. The fourth-order valence-corrected chi connectivity index (χ4v) is 9.58. The number of aliphatic hydroxyl groups is 2. The van der Waals surface area contributed by atoms with Crippen molar-refractivity contribution in [3.8, 4) is 0 Å². The molecule has 2 unspecified atom stereocenters. The number of rotatable bonds is 0. The summed E-state index contributed by atoms with van der Waals surface area (Å²) in [6, 6.07) is 0. The molecule has 3 saturated carbocycles. The molecule has 4 nitrogen and oxygen atoms in total. The largest absolute Gasteiger partial charge is 0.393 e. The summed E-state index contributed by atoms with van der Waals surface area (Å²) in [7, 11) is 0. The Bertz CT molecular complexity index is 784. The molecule has 174 valence electrons. The van der Waals surface area contributed by atoms with E-state index in [0.717, 1.165) is 58.0 Å². The molecule has 2 N–H and O–H groups in total. The Morgan fingerprint density at radius 1 is 1.03 bits per heavy atom. The molecule has 6 aliphatic rings. The molecule has 0 radical (unpaired) electrons. The predicted octanol–water partition coefficient (Wildman–Crippen LogP) is 4.83. The Labute approximate surface area is 187 Å². The average Bonchev–Trinajstić information content (AvgIpc) is 3.09. The third-order valence-corrected chi connectivity index (χ3v) is 11.6. The molecule has 4 aliphatic carbocycles. The highest BCUT2D eigenvalue weighted by atomic mass is 16.7. The van der Waals surface area contributed by atoms with E-state index in [0.29, 0.717) is 23.7 Å². The van der Waals surface area contributed by atoms with Crippen LogP contribution in [0.5, 0.6) is 0 Å². The molecule has 4 heteroatoms. The number of aliphatic hydroxyl groups excluding tert-OH is 1. The van der Waals surface area contributed by atoms with Gasteiger partial charge in [-0.05, 0) is 80.5 Å². The lowest BCUT2D eigenvalue weighted by atomic mass is 9.46. The van der Waals surface area contributed by atoms with Crippen molar-refractivity contribution in [1.82, 2.24) is 0 Å². The van der Waals surface area contributed by atoms with Crippen molar-refractivity contribution in [2.24, 2.45) is 40.4 Å². The zero-order valence-corrected chi connectivity index (χ0v) is 19.9. The van der Waals surface area contributed by atoms with E-state index in [2.05, 4.69) is 33.8 Å². The van der Waals surface area contributed by atoms with Crippen LogP contribution in [0.2, 0.25) is 0 Å². The highest BCUT2D eigenvalue weighted by Gasteiger charge is 2.76. The van der Waals surface area contributed by atoms with Crippen LogP contribution in [0, 0.1) is 40.4 Å². The highest BCUT2D eigenvalue weighted by molar-refractivity contribution is 5.28. The fraction of sp³-hybridized carbons (Fsp3) is 0.926. The molecular weight excluding hydrogens is 388 g/mol. The van der Waals surface area contributed by atoms with Crippen molar-refractivity contribution >= 4 is 0 Å². The van der Waals surface area contributed by atoms with Gasteiger partial charge in [-0.1, -0.05) is 39.3 Å². The quantitative estimate of drug-likeness (QED) is 0.541. The second kappa shape index (κ2) is 6.58. The lowest BCUT2D eigenvalue weighted by Gasteiger charge is -2.59. The van der Waals surface area contributed by atoms with Gasteiger partial charge in [-0.2, -0.15) is 0 Å². The van der Waals surface area contributed by atoms with Gasteiger partial charge in [0, 0.05) is 17.8 Å². The summed E-state index contributed by atoms with van der Waals surface area (Å²) in [5.41, 5.74) is 0.849. The first kappa shape index (κ1) is 21.1. The van der Waals surface area contributed by atoms with Crippen LogP contribution in [-0.2, 0) is 9.47 Å². The Morgan fingerprint density at radius 2 is 1.84 bits per heavy atom. The molecule has 0 amide bonds. The molecule has 11 atom stereocenters. The van der Waals surface area contributed by atoms with Crippen molar-refractivity contribution in [2.45, 2.75) is 109 Å². The Morgan fingerprint density at radius 3 is 2.58 bits per heavy atom. The van der Waals surface area contributed by atoms with Gasteiger partial charge in [0.25, 0.3) is 0 Å². The van der Waals surface area contributed by atoms with Crippen LogP contribution in [0.3, 0.4) is 0 Å². The SMILES string of the molecule is CC1CC[C@@]2(OC1)O[C@H]1C[C@H]3[C@@H]4CC=C5CC(O)CC[C@]5(C)[C@H]4CC[C@]3(C)[C@@]1(O)[C@@H]2C. The first-order valence-corrected chi connectivity index (χ1v) is 13.1. The van der Waals surface area contributed by atoms with Crippen molar-refractivity contribution < 1.29 is 19.7 Å². The van der Waals surface area contributed by atoms with E-state index in [1.165, 1.54) is 12.0 Å². The van der Waals surface area contributed by atoms with Crippen LogP contribution >= 0.6 is 0 Å². The van der Waals surface area contributed by atoms with Crippen LogP contribution in [-0.4, -0.2) is 40.4 Å². The number of fused-ring (bicyclic) bond motifs is 7. The maximum absolute atomic E-state index is 12.4. The van der Waals surface area contributed by atoms with Crippen LogP contribution < -0.4 is 0 Å². The third kappa shape index (κ3) is 2.52. The molecule has 5 fully saturated rings. The van der Waals surface area contributed by atoms with Crippen molar-refractivity contribution in [1.29, 1.82) is 0 Å². The lowest BCUT2D eigenvalue weighted by molar-refractivity contribution is -0.274. The number of hydrogen-bond donors (Lipinski definition) is 2. The number of hydrogen-bond acceptors (Lipinski definition) is 4. The minimum atomic E-state index is -0.795. The second-order valence-corrected chi connectivity index (χ2v) is 12.8. The first-order chi connectivity index (χ1) is 14.6. The predicted molar refractivity (Wildman–Crippen MR) is 119 cm³/mol. The van der Waals surface area contributed by atoms with Gasteiger partial charge < -0.3 is 19.7 Å². The van der Waals surface area contributed by atoms with E-state index < -0.39 is 11.4 Å². The molecule has 0 bridgehead atoms. The van der Waals surface area contributed by atoms with E-state index in [-0.39, 0.29) is 29.0 Å². The molecule has 2 heterocycles. The summed E-state index contributed by atoms with van der Waals surface area (Å²) >= 11 is 0. The van der Waals surface area contributed by atoms with E-state index in [4.69, 9.17) is 9.47 Å². The molecule has 2 aliphatic heterocycles. The molecule has 6 rings (SSSR count). The standard InChI is InChI=1S/C27H42O4/c1-16-7-12-26(30-15-16)17(2)27(29)23(31-26)14-22-20-6-5-18-13-19(28)8-10-24(18,3)21(20)9-11-25(22,27)4/h5,16-17,19-23,28-29H,6-15H2,1-4H3/t16?,17-,19?,20-,21+,22+,23+,24+,25+,26-,27-/m1/s1. The average molecular weight is 431 g/mol. The summed E-state index contributed by atoms with van der Waals surface area (Å²) in [6.45, 7) is 10.1. The van der Waals surface area contributed by atoms with Gasteiger partial charge in [-0.25, -0.2) is 0 Å². The van der Waals surface area contributed by atoms with Crippen molar-refractivity contribution in [2.75, 3.05) is 6.61 Å². The number of ether oxygens (including phenoxy) is 2. The van der Waals surface area contributed by atoms with Gasteiger partial charge in [-0.3, -0.25) is 0 Å². The molecule has 31 heavy (non-hydrogen) atoms. The summed E-state index contributed by atoms with van der Waals surface area (Å²) in [4.78, 5) is 0. The van der Waals surface area contributed by atoms with Gasteiger partial charge >= 0.3 is 0 Å². The molecule has 0 aromatic heterocycles. The lowest BCUT2D eigenvalue weighted by Crippen LogP contribution is -2.59. The minimum absolute atomic E-state index is 0.0131. The van der Waals surface area contributed by atoms with Crippen molar-refractivity contribution in [3.05, 3.63) is 11.6 Å². The number of allylic oxidation sites excluding steroid dienone is 1. The normalized spacial score (nSPS) is 60.7. The molecule has 0 aromatic carbocycles. The van der Waals surface area contributed by atoms with Gasteiger partial charge in [0.1, 0.15) is 5.60 Å². The van der Waals surface area contributed by atoms with Crippen LogP contribution in [0.15, 0.2) is 11.6 Å².